The highest BCUT2D eigenvalue weighted by molar-refractivity contribution is 5.95. The summed E-state index contributed by atoms with van der Waals surface area (Å²) in [6.45, 7) is 0. The second kappa shape index (κ2) is 7.81. The van der Waals surface area contributed by atoms with Crippen molar-refractivity contribution in [1.29, 1.82) is 0 Å². The summed E-state index contributed by atoms with van der Waals surface area (Å²) < 4.78 is 0. The third-order valence-electron chi connectivity index (χ3n) is 4.13. The van der Waals surface area contributed by atoms with Crippen LogP contribution in [0.3, 0.4) is 0 Å². The minimum atomic E-state index is -0.305. The summed E-state index contributed by atoms with van der Waals surface area (Å²) in [7, 11) is 1.40. The molecule has 0 aliphatic rings. The van der Waals surface area contributed by atoms with Gasteiger partial charge in [-0.25, -0.2) is 15.4 Å². The Morgan fingerprint density at radius 3 is 2.54 bits per heavy atom. The van der Waals surface area contributed by atoms with Crippen molar-refractivity contribution >= 4 is 28.3 Å². The van der Waals surface area contributed by atoms with Gasteiger partial charge in [0, 0.05) is 34.6 Å². The highest BCUT2D eigenvalue weighted by Crippen LogP contribution is 2.27. The quantitative estimate of drug-likeness (QED) is 0.520. The molecule has 2 N–H and O–H groups in total. The molecule has 0 radical (unpaired) electrons. The van der Waals surface area contributed by atoms with Gasteiger partial charge < -0.3 is 5.32 Å². The molecule has 0 atom stereocenters. The zero-order valence-corrected chi connectivity index (χ0v) is 15.1. The molecular weight excluding hydrogens is 354 g/mol. The topological polar surface area (TPSA) is 89.0 Å². The van der Waals surface area contributed by atoms with E-state index in [1.54, 1.807) is 24.5 Å². The van der Waals surface area contributed by atoms with Crippen molar-refractivity contribution < 1.29 is 9.63 Å². The summed E-state index contributed by atoms with van der Waals surface area (Å²) in [5.41, 5.74) is 5.26. The summed E-state index contributed by atoms with van der Waals surface area (Å²) in [5, 5.41) is 4.22. The van der Waals surface area contributed by atoms with Gasteiger partial charge >= 0.3 is 0 Å². The molecule has 0 spiro atoms. The lowest BCUT2D eigenvalue weighted by Crippen LogP contribution is -2.21. The maximum atomic E-state index is 11.8. The predicted molar refractivity (Wildman–Crippen MR) is 107 cm³/mol. The van der Waals surface area contributed by atoms with Gasteiger partial charge in [-0.1, -0.05) is 12.1 Å². The van der Waals surface area contributed by atoms with Crippen LogP contribution in [0.2, 0.25) is 0 Å². The highest BCUT2D eigenvalue weighted by atomic mass is 16.6. The molecule has 0 aliphatic carbocycles. The van der Waals surface area contributed by atoms with Crippen LogP contribution < -0.4 is 10.8 Å². The van der Waals surface area contributed by atoms with E-state index in [0.29, 0.717) is 17.2 Å². The Bertz CT molecular complexity index is 1110. The minimum Gasteiger partial charge on any atom is -0.340 e. The molecular formula is C21H17N5O2. The molecule has 4 rings (SSSR count). The van der Waals surface area contributed by atoms with Gasteiger partial charge in [0.1, 0.15) is 5.82 Å². The van der Waals surface area contributed by atoms with Crippen molar-refractivity contribution in [3.63, 3.8) is 0 Å². The third-order valence-corrected chi connectivity index (χ3v) is 4.13. The number of nitrogens with zero attached hydrogens (tertiary/aromatic N) is 3. The van der Waals surface area contributed by atoms with Gasteiger partial charge in [-0.05, 0) is 48.5 Å². The lowest BCUT2D eigenvalue weighted by atomic mass is 10.2. The molecule has 2 heterocycles. The Hall–Kier alpha value is -3.84. The lowest BCUT2D eigenvalue weighted by Gasteiger charge is -2.11. The molecule has 0 unspecified atom stereocenters. The van der Waals surface area contributed by atoms with Crippen molar-refractivity contribution in [3.8, 4) is 11.4 Å². The zero-order chi connectivity index (χ0) is 19.3. The molecule has 0 saturated heterocycles. The lowest BCUT2D eigenvalue weighted by molar-refractivity contribution is 0.0537. The van der Waals surface area contributed by atoms with E-state index < -0.39 is 0 Å². The molecule has 1 amide bonds. The number of aromatic nitrogens is 3. The van der Waals surface area contributed by atoms with Crippen molar-refractivity contribution in [1.82, 2.24) is 20.4 Å². The molecule has 7 nitrogen and oxygen atoms in total. The number of carbonyl (C=O) groups excluding carboxylic acids is 1. The van der Waals surface area contributed by atoms with Crippen LogP contribution in [-0.4, -0.2) is 28.0 Å². The molecule has 4 aromatic rings. The number of hydrogen-bond acceptors (Lipinski definition) is 6. The van der Waals surface area contributed by atoms with Crippen LogP contribution in [0.15, 0.2) is 73.1 Å². The van der Waals surface area contributed by atoms with Crippen LogP contribution in [0.1, 0.15) is 10.4 Å². The van der Waals surface area contributed by atoms with Gasteiger partial charge in [-0.3, -0.25) is 14.6 Å². The van der Waals surface area contributed by atoms with Crippen molar-refractivity contribution in [2.24, 2.45) is 0 Å². The number of hydrogen-bond donors (Lipinski definition) is 2. The fraction of sp³-hybridized carbons (Fsp3) is 0.0476. The van der Waals surface area contributed by atoms with Gasteiger partial charge in [0.15, 0.2) is 5.82 Å². The van der Waals surface area contributed by atoms with E-state index in [1.807, 2.05) is 48.5 Å². The SMILES string of the molecule is CONC(=O)c1ccc(Nc2nc(-c3cccnc3)nc3ccccc23)cc1. The van der Waals surface area contributed by atoms with Crippen LogP contribution in [0.5, 0.6) is 0 Å². The van der Waals surface area contributed by atoms with E-state index in [4.69, 9.17) is 4.98 Å². The molecule has 2 aromatic heterocycles. The van der Waals surface area contributed by atoms with E-state index in [9.17, 15) is 4.79 Å². The summed E-state index contributed by atoms with van der Waals surface area (Å²) in [6.07, 6.45) is 3.45. The standard InChI is InChI=1S/C21H17N5O2/c1-28-26-21(27)14-8-10-16(11-9-14)23-20-17-6-2-3-7-18(17)24-19(25-20)15-5-4-12-22-13-15/h2-13H,1H3,(H,26,27)(H,23,24,25). The Balaban J connectivity index is 1.71. The van der Waals surface area contributed by atoms with Gasteiger partial charge in [0.05, 0.1) is 12.6 Å². The fourth-order valence-electron chi connectivity index (χ4n) is 2.79. The number of nitrogens with one attached hydrogen (secondary N) is 2. The first-order chi connectivity index (χ1) is 13.7. The summed E-state index contributed by atoms with van der Waals surface area (Å²) >= 11 is 0. The number of para-hydroxylation sites is 1. The maximum absolute atomic E-state index is 11.8. The van der Waals surface area contributed by atoms with Crippen molar-refractivity contribution in [2.75, 3.05) is 12.4 Å². The van der Waals surface area contributed by atoms with E-state index in [0.717, 1.165) is 22.2 Å². The number of fused-ring (bicyclic) bond motifs is 1. The third kappa shape index (κ3) is 3.65. The maximum Gasteiger partial charge on any atom is 0.274 e. The van der Waals surface area contributed by atoms with Crippen LogP contribution >= 0.6 is 0 Å². The zero-order valence-electron chi connectivity index (χ0n) is 15.1. The smallest absolute Gasteiger partial charge is 0.274 e. The molecule has 138 valence electrons. The molecule has 0 fully saturated rings. The van der Waals surface area contributed by atoms with E-state index in [2.05, 4.69) is 25.6 Å². The Labute approximate surface area is 161 Å². The number of benzene rings is 2. The number of pyridine rings is 1. The first-order valence-corrected chi connectivity index (χ1v) is 8.62. The van der Waals surface area contributed by atoms with Gasteiger partial charge in [-0.15, -0.1) is 0 Å². The number of rotatable bonds is 5. The first kappa shape index (κ1) is 17.6. The van der Waals surface area contributed by atoms with E-state index in [-0.39, 0.29) is 5.91 Å². The summed E-state index contributed by atoms with van der Waals surface area (Å²) in [6, 6.07) is 18.6. The van der Waals surface area contributed by atoms with Crippen LogP contribution in [-0.2, 0) is 4.84 Å². The Morgan fingerprint density at radius 2 is 1.79 bits per heavy atom. The van der Waals surface area contributed by atoms with Crippen LogP contribution in [0.4, 0.5) is 11.5 Å². The molecule has 7 heteroatoms. The Kier molecular flexibility index (Phi) is 4.90. The molecule has 0 bridgehead atoms. The minimum absolute atomic E-state index is 0.305. The van der Waals surface area contributed by atoms with Crippen LogP contribution in [0, 0.1) is 0 Å². The fourth-order valence-corrected chi connectivity index (χ4v) is 2.79. The van der Waals surface area contributed by atoms with Gasteiger partial charge in [-0.2, -0.15) is 0 Å². The van der Waals surface area contributed by atoms with Crippen molar-refractivity contribution in [3.05, 3.63) is 78.6 Å². The van der Waals surface area contributed by atoms with Crippen LogP contribution in [0.25, 0.3) is 22.3 Å². The van der Waals surface area contributed by atoms with Gasteiger partial charge in [0.25, 0.3) is 5.91 Å². The summed E-state index contributed by atoms with van der Waals surface area (Å²) in [4.78, 5) is 29.9. The highest BCUT2D eigenvalue weighted by Gasteiger charge is 2.10. The first-order valence-electron chi connectivity index (χ1n) is 8.62. The number of carbonyl (C=O) groups is 1. The van der Waals surface area contributed by atoms with Crippen molar-refractivity contribution in [2.45, 2.75) is 0 Å². The number of anilines is 2. The number of hydroxylamine groups is 1. The normalized spacial score (nSPS) is 10.6. The largest absolute Gasteiger partial charge is 0.340 e. The average molecular weight is 371 g/mol. The monoisotopic (exact) mass is 371 g/mol. The number of amides is 1. The molecule has 28 heavy (non-hydrogen) atoms. The molecule has 2 aromatic carbocycles. The van der Waals surface area contributed by atoms with E-state index in [1.165, 1.54) is 7.11 Å². The second-order valence-electron chi connectivity index (χ2n) is 5.99. The van der Waals surface area contributed by atoms with Gasteiger partial charge in [0.2, 0.25) is 0 Å². The predicted octanol–water partition coefficient (Wildman–Crippen LogP) is 3.73. The summed E-state index contributed by atoms with van der Waals surface area (Å²) in [5.74, 6) is 0.962. The van der Waals surface area contributed by atoms with E-state index >= 15 is 0 Å². The Morgan fingerprint density at radius 1 is 0.964 bits per heavy atom. The second-order valence-corrected chi connectivity index (χ2v) is 5.99. The molecule has 0 saturated carbocycles. The molecule has 0 aliphatic heterocycles. The average Bonchev–Trinajstić information content (AvgIpc) is 2.75.